The highest BCUT2D eigenvalue weighted by Gasteiger charge is 2.24. The third kappa shape index (κ3) is 3.30. The van der Waals surface area contributed by atoms with Crippen LogP contribution < -0.4 is 0 Å². The van der Waals surface area contributed by atoms with Gasteiger partial charge in [0.25, 0.3) is 0 Å². The Bertz CT molecular complexity index is 1790. The van der Waals surface area contributed by atoms with Crippen molar-refractivity contribution in [2.75, 3.05) is 0 Å². The first-order chi connectivity index (χ1) is 18.5. The summed E-state index contributed by atoms with van der Waals surface area (Å²) >= 11 is 0. The lowest BCUT2D eigenvalue weighted by Gasteiger charge is -2.20. The van der Waals surface area contributed by atoms with E-state index >= 15 is 17.6 Å². The highest BCUT2D eigenvalue weighted by atomic mass is 19.1. The fourth-order valence-electron chi connectivity index (χ4n) is 5.61. The molecule has 0 fully saturated rings. The number of hydrogen-bond acceptors (Lipinski definition) is 0. The van der Waals surface area contributed by atoms with Crippen molar-refractivity contribution in [1.82, 2.24) is 0 Å². The summed E-state index contributed by atoms with van der Waals surface area (Å²) in [6.45, 7) is 0. The van der Waals surface area contributed by atoms with Crippen LogP contribution in [-0.4, -0.2) is 0 Å². The van der Waals surface area contributed by atoms with Crippen LogP contribution in [0, 0.1) is 23.3 Å². The average Bonchev–Trinajstić information content (AvgIpc) is 2.91. The Kier molecular flexibility index (Phi) is 4.98. The maximum Gasteiger partial charge on any atom is 0.134 e. The molecular formula is C34H18F4. The minimum absolute atomic E-state index is 0.173. The van der Waals surface area contributed by atoms with E-state index in [4.69, 9.17) is 0 Å². The van der Waals surface area contributed by atoms with Gasteiger partial charge >= 0.3 is 0 Å². The van der Waals surface area contributed by atoms with Gasteiger partial charge in [0.15, 0.2) is 0 Å². The Labute approximate surface area is 215 Å². The van der Waals surface area contributed by atoms with Crippen molar-refractivity contribution < 1.29 is 17.6 Å². The molecule has 38 heavy (non-hydrogen) atoms. The van der Waals surface area contributed by atoms with Crippen molar-refractivity contribution in [2.45, 2.75) is 0 Å². The van der Waals surface area contributed by atoms with E-state index in [1.54, 1.807) is 0 Å². The molecule has 0 aliphatic rings. The summed E-state index contributed by atoms with van der Waals surface area (Å²) < 4.78 is 61.6. The van der Waals surface area contributed by atoms with Gasteiger partial charge in [-0.25, -0.2) is 17.6 Å². The third-order valence-electron chi connectivity index (χ3n) is 7.27. The molecule has 0 saturated carbocycles. The molecule has 0 bridgehead atoms. The van der Waals surface area contributed by atoms with Crippen LogP contribution in [0.15, 0.2) is 109 Å². The van der Waals surface area contributed by atoms with E-state index in [0.29, 0.717) is 32.7 Å². The van der Waals surface area contributed by atoms with Crippen LogP contribution in [0.2, 0.25) is 0 Å². The molecular weight excluding hydrogens is 484 g/mol. The van der Waals surface area contributed by atoms with E-state index in [9.17, 15) is 0 Å². The highest BCUT2D eigenvalue weighted by molar-refractivity contribution is 6.25. The Balaban J connectivity index is 1.83. The average molecular weight is 503 g/mol. The molecule has 0 aliphatic carbocycles. The number of halogens is 4. The van der Waals surface area contributed by atoms with E-state index in [1.165, 1.54) is 36.4 Å². The van der Waals surface area contributed by atoms with Crippen molar-refractivity contribution in [3.05, 3.63) is 132 Å². The largest absolute Gasteiger partial charge is 0.206 e. The summed E-state index contributed by atoms with van der Waals surface area (Å²) in [5, 5.41) is 5.41. The standard InChI is InChI=1S/C34H18F4/c35-27-11-5-12-28(36)33(27)31-23-15-19-7-1-2-8-20(19)16-24(23)32(34-29(37)13-6-14-30(34)38)26-18-22-10-4-3-9-21(22)17-25(26)31/h1-18H. The van der Waals surface area contributed by atoms with Gasteiger partial charge in [0, 0.05) is 11.1 Å². The van der Waals surface area contributed by atoms with Gasteiger partial charge in [-0.05, 0) is 91.6 Å². The van der Waals surface area contributed by atoms with Gasteiger partial charge in [0.05, 0.1) is 11.1 Å². The van der Waals surface area contributed by atoms with Crippen LogP contribution >= 0.6 is 0 Å². The van der Waals surface area contributed by atoms with Crippen LogP contribution in [0.4, 0.5) is 17.6 Å². The van der Waals surface area contributed by atoms with Crippen molar-refractivity contribution in [3.63, 3.8) is 0 Å². The van der Waals surface area contributed by atoms with Gasteiger partial charge in [-0.3, -0.25) is 0 Å². The molecule has 0 heterocycles. The first-order valence-corrected chi connectivity index (χ1v) is 12.2. The maximum atomic E-state index is 15.4. The number of fused-ring (bicyclic) bond motifs is 4. The molecule has 0 radical (unpaired) electrons. The summed E-state index contributed by atoms with van der Waals surface area (Å²) in [6, 6.07) is 30.1. The van der Waals surface area contributed by atoms with Crippen molar-refractivity contribution in [3.8, 4) is 22.3 Å². The topological polar surface area (TPSA) is 0 Å². The van der Waals surface area contributed by atoms with Gasteiger partial charge in [-0.1, -0.05) is 60.7 Å². The fourth-order valence-corrected chi connectivity index (χ4v) is 5.61. The predicted octanol–water partition coefficient (Wildman–Crippen LogP) is 10.2. The van der Waals surface area contributed by atoms with Crippen molar-refractivity contribution in [2.24, 2.45) is 0 Å². The zero-order valence-electron chi connectivity index (χ0n) is 19.9. The molecule has 0 N–H and O–H groups in total. The zero-order chi connectivity index (χ0) is 26.0. The maximum absolute atomic E-state index is 15.4. The summed E-state index contributed by atoms with van der Waals surface area (Å²) in [5.74, 6) is -2.84. The molecule has 7 aromatic carbocycles. The van der Waals surface area contributed by atoms with E-state index in [2.05, 4.69) is 0 Å². The molecule has 0 spiro atoms. The van der Waals surface area contributed by atoms with Gasteiger partial charge < -0.3 is 0 Å². The van der Waals surface area contributed by atoms with Crippen molar-refractivity contribution >= 4 is 43.1 Å². The molecule has 0 saturated heterocycles. The molecule has 0 amide bonds. The Morgan fingerprint density at radius 3 is 0.816 bits per heavy atom. The molecule has 0 atom stereocenters. The van der Waals surface area contributed by atoms with E-state index < -0.39 is 23.3 Å². The predicted molar refractivity (Wildman–Crippen MR) is 147 cm³/mol. The van der Waals surface area contributed by atoms with Crippen LogP contribution in [0.5, 0.6) is 0 Å². The third-order valence-corrected chi connectivity index (χ3v) is 7.27. The second-order valence-corrected chi connectivity index (χ2v) is 9.43. The van der Waals surface area contributed by atoms with E-state index in [-0.39, 0.29) is 11.1 Å². The molecule has 0 nitrogen and oxygen atoms in total. The SMILES string of the molecule is Fc1cccc(F)c1-c1c2cc3ccccc3cc2c(-c2c(F)cccc2F)c2cc3ccccc3cc12. The quantitative estimate of drug-likeness (QED) is 0.163. The second kappa shape index (κ2) is 8.42. The molecule has 7 aromatic rings. The first-order valence-electron chi connectivity index (χ1n) is 12.2. The monoisotopic (exact) mass is 502 g/mol. The first kappa shape index (κ1) is 22.5. The smallest absolute Gasteiger partial charge is 0.134 e. The summed E-state index contributed by atoms with van der Waals surface area (Å²) in [5.41, 5.74) is 0.354. The summed E-state index contributed by atoms with van der Waals surface area (Å²) in [4.78, 5) is 0. The van der Waals surface area contributed by atoms with E-state index in [1.807, 2.05) is 72.8 Å². The molecule has 182 valence electrons. The van der Waals surface area contributed by atoms with Crippen molar-refractivity contribution in [1.29, 1.82) is 0 Å². The number of hydrogen-bond donors (Lipinski definition) is 0. The Morgan fingerprint density at radius 1 is 0.289 bits per heavy atom. The highest BCUT2D eigenvalue weighted by Crippen LogP contribution is 2.48. The number of benzene rings is 7. The van der Waals surface area contributed by atoms with Gasteiger partial charge in [0.2, 0.25) is 0 Å². The second-order valence-electron chi connectivity index (χ2n) is 9.43. The molecule has 0 aliphatic heterocycles. The van der Waals surface area contributed by atoms with Gasteiger partial charge in [0.1, 0.15) is 23.3 Å². The minimum atomic E-state index is -0.710. The normalized spacial score (nSPS) is 11.7. The lowest BCUT2D eigenvalue weighted by molar-refractivity contribution is 0.589. The lowest BCUT2D eigenvalue weighted by Crippen LogP contribution is -1.98. The van der Waals surface area contributed by atoms with Crippen LogP contribution in [-0.2, 0) is 0 Å². The van der Waals surface area contributed by atoms with Crippen LogP contribution in [0.25, 0.3) is 65.3 Å². The molecule has 4 heteroatoms. The molecule has 7 rings (SSSR count). The van der Waals surface area contributed by atoms with E-state index in [0.717, 1.165) is 21.5 Å². The Morgan fingerprint density at radius 2 is 0.553 bits per heavy atom. The Hall–Kier alpha value is -4.70. The van der Waals surface area contributed by atoms with Gasteiger partial charge in [-0.2, -0.15) is 0 Å². The fraction of sp³-hybridized carbons (Fsp3) is 0. The summed E-state index contributed by atoms with van der Waals surface area (Å²) in [6.07, 6.45) is 0. The number of rotatable bonds is 2. The van der Waals surface area contributed by atoms with Gasteiger partial charge in [-0.15, -0.1) is 0 Å². The van der Waals surface area contributed by atoms with Crippen LogP contribution in [0.3, 0.4) is 0 Å². The minimum Gasteiger partial charge on any atom is -0.206 e. The van der Waals surface area contributed by atoms with Crippen LogP contribution in [0.1, 0.15) is 0 Å². The lowest BCUT2D eigenvalue weighted by atomic mass is 9.83. The summed E-state index contributed by atoms with van der Waals surface area (Å²) in [7, 11) is 0. The zero-order valence-corrected chi connectivity index (χ0v) is 19.9. The molecule has 0 aromatic heterocycles. The molecule has 0 unspecified atom stereocenters.